The third-order valence-corrected chi connectivity index (χ3v) is 3.65. The van der Waals surface area contributed by atoms with Gasteiger partial charge in [-0.25, -0.2) is 0 Å². The lowest BCUT2D eigenvalue weighted by Gasteiger charge is -2.30. The summed E-state index contributed by atoms with van der Waals surface area (Å²) < 4.78 is 0. The van der Waals surface area contributed by atoms with Crippen molar-refractivity contribution >= 4 is 0 Å². The van der Waals surface area contributed by atoms with Gasteiger partial charge in [0.1, 0.15) is 0 Å². The van der Waals surface area contributed by atoms with Crippen LogP contribution in [0.3, 0.4) is 0 Å². The van der Waals surface area contributed by atoms with Gasteiger partial charge in [-0.1, -0.05) is 0 Å². The lowest BCUT2D eigenvalue weighted by atomic mass is 9.97. The van der Waals surface area contributed by atoms with E-state index in [1.54, 1.807) is 0 Å². The maximum absolute atomic E-state index is 3.56. The summed E-state index contributed by atoms with van der Waals surface area (Å²) in [5.41, 5.74) is 0. The first-order valence-corrected chi connectivity index (χ1v) is 6.51. The first-order chi connectivity index (χ1) is 7.34. The molecule has 3 heteroatoms. The molecule has 0 radical (unpaired) electrons. The predicted octanol–water partition coefficient (Wildman–Crippen LogP) is 0.670. The van der Waals surface area contributed by atoms with Crippen LogP contribution in [0, 0.1) is 5.92 Å². The van der Waals surface area contributed by atoms with Gasteiger partial charge in [0.05, 0.1) is 0 Å². The van der Waals surface area contributed by atoms with E-state index in [1.165, 1.54) is 58.5 Å². The summed E-state index contributed by atoms with van der Waals surface area (Å²) >= 11 is 0. The summed E-state index contributed by atoms with van der Waals surface area (Å²) in [5, 5.41) is 7.00. The normalized spacial score (nSPS) is 31.4. The molecule has 88 valence electrons. The minimum atomic E-state index is 0.675. The molecule has 2 aliphatic heterocycles. The summed E-state index contributed by atoms with van der Waals surface area (Å²) in [6, 6.07) is 0.675. The fraction of sp³-hybridized carbons (Fsp3) is 1.00. The predicted molar refractivity (Wildman–Crippen MR) is 64.1 cm³/mol. The van der Waals surface area contributed by atoms with Gasteiger partial charge in [0.2, 0.25) is 0 Å². The molecule has 0 bridgehead atoms. The Bertz CT molecular complexity index is 178. The Balaban J connectivity index is 1.76. The summed E-state index contributed by atoms with van der Waals surface area (Å²) in [6.45, 7) is 9.82. The standard InChI is InChI=1S/C12H25N3/c1-11-9-15(8-2-5-14-11)10-12-3-6-13-7-4-12/h11-14H,2-10H2,1H3. The highest BCUT2D eigenvalue weighted by atomic mass is 15.2. The van der Waals surface area contributed by atoms with Gasteiger partial charge in [0.25, 0.3) is 0 Å². The van der Waals surface area contributed by atoms with E-state index >= 15 is 0 Å². The smallest absolute Gasteiger partial charge is 0.0166 e. The molecule has 3 nitrogen and oxygen atoms in total. The van der Waals surface area contributed by atoms with Crippen molar-refractivity contribution in [3.8, 4) is 0 Å². The Kier molecular flexibility index (Phi) is 4.42. The molecule has 1 atom stereocenters. The van der Waals surface area contributed by atoms with Crippen LogP contribution in [0.2, 0.25) is 0 Å². The molecule has 0 aromatic rings. The molecule has 2 heterocycles. The zero-order valence-electron chi connectivity index (χ0n) is 9.97. The van der Waals surface area contributed by atoms with Gasteiger partial charge in [0, 0.05) is 19.1 Å². The molecule has 0 saturated carbocycles. The van der Waals surface area contributed by atoms with E-state index in [9.17, 15) is 0 Å². The molecule has 2 N–H and O–H groups in total. The number of nitrogens with zero attached hydrogens (tertiary/aromatic N) is 1. The quantitative estimate of drug-likeness (QED) is 0.703. The monoisotopic (exact) mass is 211 g/mol. The molecule has 0 aromatic heterocycles. The number of hydrogen-bond donors (Lipinski definition) is 2. The van der Waals surface area contributed by atoms with Crippen LogP contribution in [0.4, 0.5) is 0 Å². The van der Waals surface area contributed by atoms with Crippen LogP contribution in [-0.2, 0) is 0 Å². The van der Waals surface area contributed by atoms with E-state index in [0.29, 0.717) is 6.04 Å². The molecule has 15 heavy (non-hydrogen) atoms. The van der Waals surface area contributed by atoms with Crippen LogP contribution in [0.5, 0.6) is 0 Å². The molecule has 2 fully saturated rings. The second-order valence-electron chi connectivity index (χ2n) is 5.16. The summed E-state index contributed by atoms with van der Waals surface area (Å²) in [7, 11) is 0. The van der Waals surface area contributed by atoms with Crippen molar-refractivity contribution < 1.29 is 0 Å². The number of piperidine rings is 1. The van der Waals surface area contributed by atoms with Crippen LogP contribution in [0.25, 0.3) is 0 Å². The summed E-state index contributed by atoms with van der Waals surface area (Å²) in [4.78, 5) is 2.67. The highest BCUT2D eigenvalue weighted by molar-refractivity contribution is 4.77. The molecule has 2 aliphatic rings. The number of hydrogen-bond acceptors (Lipinski definition) is 3. The summed E-state index contributed by atoms with van der Waals surface area (Å²) in [6.07, 6.45) is 4.06. The largest absolute Gasteiger partial charge is 0.317 e. The van der Waals surface area contributed by atoms with Crippen molar-refractivity contribution in [2.24, 2.45) is 5.92 Å². The van der Waals surface area contributed by atoms with Gasteiger partial charge in [-0.2, -0.15) is 0 Å². The minimum absolute atomic E-state index is 0.675. The van der Waals surface area contributed by atoms with E-state index in [-0.39, 0.29) is 0 Å². The molecule has 1 unspecified atom stereocenters. The molecule has 0 spiro atoms. The van der Waals surface area contributed by atoms with Crippen LogP contribution in [0.1, 0.15) is 26.2 Å². The van der Waals surface area contributed by atoms with Crippen LogP contribution < -0.4 is 10.6 Å². The minimum Gasteiger partial charge on any atom is -0.317 e. The molecule has 2 rings (SSSR count). The second kappa shape index (κ2) is 5.83. The highest BCUT2D eigenvalue weighted by Gasteiger charge is 2.19. The average Bonchev–Trinajstić information content (AvgIpc) is 2.44. The van der Waals surface area contributed by atoms with Crippen molar-refractivity contribution in [3.63, 3.8) is 0 Å². The Labute approximate surface area is 93.6 Å². The van der Waals surface area contributed by atoms with Gasteiger partial charge in [-0.15, -0.1) is 0 Å². The van der Waals surface area contributed by atoms with Gasteiger partial charge in [-0.05, 0) is 58.3 Å². The first-order valence-electron chi connectivity index (χ1n) is 6.51. The van der Waals surface area contributed by atoms with Gasteiger partial charge in [-0.3, -0.25) is 0 Å². The fourth-order valence-electron chi connectivity index (χ4n) is 2.79. The van der Waals surface area contributed by atoms with Crippen LogP contribution in [0.15, 0.2) is 0 Å². The zero-order chi connectivity index (χ0) is 10.5. The SMILES string of the molecule is CC1CN(CC2CCNCC2)CCCN1. The van der Waals surface area contributed by atoms with Crippen LogP contribution >= 0.6 is 0 Å². The van der Waals surface area contributed by atoms with Crippen molar-refractivity contribution in [1.82, 2.24) is 15.5 Å². The number of nitrogens with one attached hydrogen (secondary N) is 2. The van der Waals surface area contributed by atoms with Crippen molar-refractivity contribution in [3.05, 3.63) is 0 Å². The molecule has 0 amide bonds. The van der Waals surface area contributed by atoms with Crippen molar-refractivity contribution in [2.75, 3.05) is 39.3 Å². The van der Waals surface area contributed by atoms with Gasteiger partial charge < -0.3 is 15.5 Å². The molecular weight excluding hydrogens is 186 g/mol. The number of rotatable bonds is 2. The summed E-state index contributed by atoms with van der Waals surface area (Å²) in [5.74, 6) is 0.941. The molecular formula is C12H25N3. The average molecular weight is 211 g/mol. The zero-order valence-corrected chi connectivity index (χ0v) is 9.97. The molecule has 0 aromatic carbocycles. The van der Waals surface area contributed by atoms with Crippen molar-refractivity contribution in [2.45, 2.75) is 32.2 Å². The first kappa shape index (κ1) is 11.4. The maximum atomic E-state index is 3.56. The van der Waals surface area contributed by atoms with E-state index < -0.39 is 0 Å². The Hall–Kier alpha value is -0.120. The Morgan fingerprint density at radius 2 is 2.00 bits per heavy atom. The van der Waals surface area contributed by atoms with Crippen molar-refractivity contribution in [1.29, 1.82) is 0 Å². The van der Waals surface area contributed by atoms with E-state index in [1.807, 2.05) is 0 Å². The second-order valence-corrected chi connectivity index (χ2v) is 5.16. The third kappa shape index (κ3) is 3.74. The molecule has 2 saturated heterocycles. The topological polar surface area (TPSA) is 27.3 Å². The van der Waals surface area contributed by atoms with Gasteiger partial charge in [0.15, 0.2) is 0 Å². The lowest BCUT2D eigenvalue weighted by Crippen LogP contribution is -2.40. The van der Waals surface area contributed by atoms with Gasteiger partial charge >= 0.3 is 0 Å². The van der Waals surface area contributed by atoms with E-state index in [4.69, 9.17) is 0 Å². The molecule has 0 aliphatic carbocycles. The highest BCUT2D eigenvalue weighted by Crippen LogP contribution is 2.14. The fourth-order valence-corrected chi connectivity index (χ4v) is 2.79. The van der Waals surface area contributed by atoms with E-state index in [2.05, 4.69) is 22.5 Å². The maximum Gasteiger partial charge on any atom is 0.0166 e. The van der Waals surface area contributed by atoms with E-state index in [0.717, 1.165) is 5.92 Å². The lowest BCUT2D eigenvalue weighted by molar-refractivity contribution is 0.205. The third-order valence-electron chi connectivity index (χ3n) is 3.65. The van der Waals surface area contributed by atoms with Crippen LogP contribution in [-0.4, -0.2) is 50.2 Å². The Morgan fingerprint density at radius 3 is 2.80 bits per heavy atom. The Morgan fingerprint density at radius 1 is 1.20 bits per heavy atom.